The van der Waals surface area contributed by atoms with Crippen LogP contribution in [0.2, 0.25) is 0 Å². The number of halogens is 1. The van der Waals surface area contributed by atoms with E-state index in [9.17, 15) is 5.92 Å². The highest BCUT2D eigenvalue weighted by Gasteiger charge is 2.51. The molecule has 0 saturated carbocycles. The Kier molecular flexibility index (Phi) is 5.12. The number of pyridine rings is 1. The molecule has 3 aromatic rings. The molecule has 4 heterocycles. The summed E-state index contributed by atoms with van der Waals surface area (Å²) in [7, 11) is 0. The fourth-order valence-corrected chi connectivity index (χ4v) is 5.94. The molecule has 0 unspecified atom stereocenters. The van der Waals surface area contributed by atoms with Crippen LogP contribution in [-0.4, -0.2) is 41.7 Å². The quantitative estimate of drug-likeness (QED) is 0.396. The number of nitrogens with one attached hydrogen (secondary N) is 1. The van der Waals surface area contributed by atoms with Crippen LogP contribution in [0, 0.1) is 8.99 Å². The summed E-state index contributed by atoms with van der Waals surface area (Å²) < 4.78 is 28.6. The second-order valence-corrected chi connectivity index (χ2v) is 12.5. The molecule has 0 bridgehead atoms. The molecule has 3 aromatic heterocycles. The predicted octanol–water partition coefficient (Wildman–Crippen LogP) is 3.66. The van der Waals surface area contributed by atoms with Crippen molar-refractivity contribution >= 4 is 45.5 Å². The van der Waals surface area contributed by atoms with Gasteiger partial charge in [-0.1, -0.05) is 6.07 Å². The maximum absolute atomic E-state index is 13.1. The van der Waals surface area contributed by atoms with Crippen LogP contribution in [0.5, 0.6) is 0 Å². The fourth-order valence-electron chi connectivity index (χ4n) is 4.58. The van der Waals surface area contributed by atoms with Crippen LogP contribution < -0.4 is 9.62 Å². The van der Waals surface area contributed by atoms with Gasteiger partial charge in [-0.15, -0.1) is 4.72 Å². The number of imidazole rings is 1. The van der Waals surface area contributed by atoms with Crippen LogP contribution in [0.1, 0.15) is 52.3 Å². The zero-order chi connectivity index (χ0) is 22.7. The molecule has 7 nitrogen and oxygen atoms in total. The van der Waals surface area contributed by atoms with E-state index in [-0.39, 0.29) is 5.41 Å². The molecule has 31 heavy (non-hydrogen) atoms. The molecule has 5 rings (SSSR count). The van der Waals surface area contributed by atoms with Crippen molar-refractivity contribution in [1.82, 2.24) is 24.1 Å². The van der Waals surface area contributed by atoms with Gasteiger partial charge in [-0.05, 0) is 74.3 Å². The number of piperidine rings is 1. The van der Waals surface area contributed by atoms with E-state index in [4.69, 9.17) is 4.98 Å². The number of anilines is 1. The van der Waals surface area contributed by atoms with E-state index in [1.165, 1.54) is 0 Å². The van der Waals surface area contributed by atoms with Crippen LogP contribution in [0.15, 0.2) is 36.9 Å². The Morgan fingerprint density at radius 3 is 2.77 bits per heavy atom. The molecule has 164 valence electrons. The van der Waals surface area contributed by atoms with Crippen molar-refractivity contribution in [1.29, 1.82) is 0 Å². The van der Waals surface area contributed by atoms with Crippen LogP contribution in [-0.2, 0) is 17.8 Å². The van der Waals surface area contributed by atoms with Gasteiger partial charge in [0.1, 0.15) is 4.75 Å². The summed E-state index contributed by atoms with van der Waals surface area (Å²) in [5.41, 5.74) is 2.33. The summed E-state index contributed by atoms with van der Waals surface area (Å²) >= 11 is 0.890. The van der Waals surface area contributed by atoms with E-state index in [0.717, 1.165) is 58.8 Å². The lowest BCUT2D eigenvalue weighted by Crippen LogP contribution is -2.50. The molecule has 9 heteroatoms. The van der Waals surface area contributed by atoms with Gasteiger partial charge in [0.05, 0.1) is 11.0 Å². The molecule has 1 N–H and O–H groups in total. The van der Waals surface area contributed by atoms with E-state index >= 15 is 0 Å². The summed E-state index contributed by atoms with van der Waals surface area (Å²) in [4.78, 5) is 16.0. The molecule has 1 aliphatic heterocycles. The molecule has 0 amide bonds. The maximum atomic E-state index is 13.1. The summed E-state index contributed by atoms with van der Waals surface area (Å²) in [5.74, 6) is 0.878. The zero-order valence-corrected chi connectivity index (χ0v) is 20.9. The summed E-state index contributed by atoms with van der Waals surface area (Å²) in [6, 6.07) is 2.70. The van der Waals surface area contributed by atoms with Gasteiger partial charge in [0, 0.05) is 60.3 Å². The molecule has 1 aliphatic carbocycles. The summed E-state index contributed by atoms with van der Waals surface area (Å²) in [6.07, 6.45) is 9.68. The first kappa shape index (κ1) is 20.2. The van der Waals surface area contributed by atoms with E-state index < -0.39 is 22.1 Å². The lowest BCUT2D eigenvalue weighted by atomic mass is 9.73. The Bertz CT molecular complexity index is 1160. The third-order valence-corrected chi connectivity index (χ3v) is 8.58. The van der Waals surface area contributed by atoms with Crippen molar-refractivity contribution in [2.75, 3.05) is 18.0 Å². The SMILES string of the molecule is [2H][C@@]1(N[S@+]([O-])C(C)(C)C)c2cccnc2CC12CCN(c1ncc(I)c3nccn13)CC2. The molecule has 0 radical (unpaired) electrons. The molecule has 1 spiro atoms. The lowest BCUT2D eigenvalue weighted by molar-refractivity contribution is 0.175. The number of aromatic nitrogens is 4. The van der Waals surface area contributed by atoms with Gasteiger partial charge >= 0.3 is 0 Å². The Hall–Kier alpha value is -1.43. The number of hydrogen-bond donors (Lipinski definition) is 1. The topological polar surface area (TPSA) is 81.4 Å². The minimum absolute atomic E-state index is 0.377. The van der Waals surface area contributed by atoms with E-state index in [2.05, 4.69) is 42.2 Å². The normalized spacial score (nSPS) is 24.4. The second-order valence-electron chi connectivity index (χ2n) is 9.33. The third kappa shape index (κ3) is 3.73. The van der Waals surface area contributed by atoms with E-state index in [1.54, 1.807) is 12.4 Å². The van der Waals surface area contributed by atoms with Gasteiger partial charge in [0.25, 0.3) is 0 Å². The summed E-state index contributed by atoms with van der Waals surface area (Å²) in [5, 5.41) is 0. The third-order valence-electron chi connectivity index (χ3n) is 6.31. The van der Waals surface area contributed by atoms with Crippen molar-refractivity contribution in [3.63, 3.8) is 0 Å². The van der Waals surface area contributed by atoms with Gasteiger partial charge < -0.3 is 9.45 Å². The summed E-state index contributed by atoms with van der Waals surface area (Å²) in [6.45, 7) is 7.34. The Morgan fingerprint density at radius 1 is 1.26 bits per heavy atom. The maximum Gasteiger partial charge on any atom is 0.211 e. The molecular formula is C22H27IN6OS. The van der Waals surface area contributed by atoms with Gasteiger partial charge in [-0.25, -0.2) is 9.97 Å². The average Bonchev–Trinajstić information content (AvgIpc) is 3.32. The van der Waals surface area contributed by atoms with Crippen LogP contribution in [0.25, 0.3) is 5.65 Å². The first-order valence-electron chi connectivity index (χ1n) is 11.0. The van der Waals surface area contributed by atoms with Gasteiger partial charge in [-0.3, -0.25) is 9.38 Å². The first-order valence-corrected chi connectivity index (χ1v) is 12.7. The largest absolute Gasteiger partial charge is 0.598 e. The van der Waals surface area contributed by atoms with Gasteiger partial charge in [0.2, 0.25) is 5.95 Å². The van der Waals surface area contributed by atoms with Gasteiger partial charge in [-0.2, -0.15) is 0 Å². The van der Waals surface area contributed by atoms with Crippen molar-refractivity contribution in [2.45, 2.75) is 50.8 Å². The number of rotatable bonds is 3. The smallest absolute Gasteiger partial charge is 0.211 e. The van der Waals surface area contributed by atoms with E-state index in [1.807, 2.05) is 49.7 Å². The zero-order valence-electron chi connectivity index (χ0n) is 18.9. The Morgan fingerprint density at radius 2 is 2.03 bits per heavy atom. The molecule has 1 fully saturated rings. The van der Waals surface area contributed by atoms with Crippen LogP contribution in [0.3, 0.4) is 0 Å². The Labute approximate surface area is 200 Å². The minimum Gasteiger partial charge on any atom is -0.598 e. The number of hydrogen-bond acceptors (Lipinski definition) is 6. The lowest BCUT2D eigenvalue weighted by Gasteiger charge is -2.44. The van der Waals surface area contributed by atoms with Crippen molar-refractivity contribution in [3.05, 3.63) is 51.7 Å². The predicted molar refractivity (Wildman–Crippen MR) is 131 cm³/mol. The molecule has 2 atom stereocenters. The van der Waals surface area contributed by atoms with Gasteiger partial charge in [0.15, 0.2) is 5.65 Å². The van der Waals surface area contributed by atoms with Crippen molar-refractivity contribution in [2.24, 2.45) is 5.41 Å². The van der Waals surface area contributed by atoms with Crippen LogP contribution in [0.4, 0.5) is 5.95 Å². The highest BCUT2D eigenvalue weighted by atomic mass is 127. The Balaban J connectivity index is 1.47. The highest BCUT2D eigenvalue weighted by molar-refractivity contribution is 14.1. The molecule has 0 aromatic carbocycles. The van der Waals surface area contributed by atoms with Crippen molar-refractivity contribution < 1.29 is 5.92 Å². The second kappa shape index (κ2) is 7.86. The average molecular weight is 551 g/mol. The first-order chi connectivity index (χ1) is 15.1. The molecule has 1 saturated heterocycles. The van der Waals surface area contributed by atoms with Crippen LogP contribution >= 0.6 is 22.6 Å². The van der Waals surface area contributed by atoms with Crippen molar-refractivity contribution in [3.8, 4) is 0 Å². The molecule has 2 aliphatic rings. The standard InChI is InChI=1S/C22H27IN6OS/c1-21(2,3)31(30)27-18-15-5-4-8-24-17(15)13-22(18)6-10-28(11-7-22)20-26-14-16(23)19-25-9-12-29(19)20/h4-5,8-9,12,14,18,27H,6-7,10-11,13H2,1-3H3/t18-,31-/m1/s1/i18D. The fraction of sp³-hybridized carbons (Fsp3) is 0.500. The monoisotopic (exact) mass is 551 g/mol. The number of nitrogens with zero attached hydrogens (tertiary/aromatic N) is 5. The highest BCUT2D eigenvalue weighted by Crippen LogP contribution is 2.52. The molecular weight excluding hydrogens is 523 g/mol. The minimum atomic E-state index is -1.37. The number of fused-ring (bicyclic) bond motifs is 2. The van der Waals surface area contributed by atoms with E-state index in [0.29, 0.717) is 0 Å².